The van der Waals surface area contributed by atoms with Crippen molar-refractivity contribution >= 4 is 21.6 Å². The van der Waals surface area contributed by atoms with Gasteiger partial charge >= 0.3 is 0 Å². The van der Waals surface area contributed by atoms with E-state index in [0.717, 1.165) is 17.0 Å². The summed E-state index contributed by atoms with van der Waals surface area (Å²) in [5.74, 6) is -0.0150. The minimum atomic E-state index is -3.54. The molecule has 1 aromatic carbocycles. The lowest BCUT2D eigenvalue weighted by Gasteiger charge is -2.34. The molecule has 166 valence electrons. The Morgan fingerprint density at radius 3 is 2.47 bits per heavy atom. The topological polar surface area (TPSA) is 112 Å². The molecule has 0 radical (unpaired) electrons. The molecule has 2 aromatic heterocycles. The van der Waals surface area contributed by atoms with E-state index < -0.39 is 10.0 Å². The summed E-state index contributed by atoms with van der Waals surface area (Å²) in [4.78, 5) is 19.3. The highest BCUT2D eigenvalue weighted by molar-refractivity contribution is 7.89. The van der Waals surface area contributed by atoms with Crippen molar-refractivity contribution in [1.82, 2.24) is 23.8 Å². The van der Waals surface area contributed by atoms with Gasteiger partial charge in [-0.05, 0) is 38.0 Å². The monoisotopic (exact) mass is 452 g/mol. The summed E-state index contributed by atoms with van der Waals surface area (Å²) < 4.78 is 28.6. The van der Waals surface area contributed by atoms with E-state index in [1.165, 1.54) is 10.5 Å². The van der Waals surface area contributed by atoms with Gasteiger partial charge in [0, 0.05) is 44.0 Å². The van der Waals surface area contributed by atoms with Crippen LogP contribution in [0, 0.1) is 25.2 Å². The van der Waals surface area contributed by atoms with Gasteiger partial charge in [-0.25, -0.2) is 17.9 Å². The van der Waals surface area contributed by atoms with Crippen LogP contribution in [0.3, 0.4) is 0 Å². The molecule has 0 saturated carbocycles. The molecule has 10 heteroatoms. The minimum absolute atomic E-state index is 0.0150. The third-order valence-electron chi connectivity index (χ3n) is 5.89. The summed E-state index contributed by atoms with van der Waals surface area (Å²) in [6, 6.07) is 10.4. The summed E-state index contributed by atoms with van der Waals surface area (Å²) in [7, 11) is -3.54. The predicted octanol–water partition coefficient (Wildman–Crippen LogP) is 1.68. The third kappa shape index (κ3) is 3.97. The van der Waals surface area contributed by atoms with Crippen molar-refractivity contribution < 1.29 is 13.2 Å². The molecule has 1 aliphatic heterocycles. The summed E-state index contributed by atoms with van der Waals surface area (Å²) in [6.07, 6.45) is 2.29. The van der Waals surface area contributed by atoms with Gasteiger partial charge in [-0.1, -0.05) is 18.2 Å². The lowest BCUT2D eigenvalue weighted by Crippen LogP contribution is -2.50. The first-order valence-electron chi connectivity index (χ1n) is 10.4. The summed E-state index contributed by atoms with van der Waals surface area (Å²) in [5, 5.41) is 13.4. The predicted molar refractivity (Wildman–Crippen MR) is 117 cm³/mol. The first-order valence-corrected chi connectivity index (χ1v) is 11.8. The van der Waals surface area contributed by atoms with Gasteiger partial charge in [-0.2, -0.15) is 14.7 Å². The number of hydrogen-bond acceptors (Lipinski definition) is 6. The maximum Gasteiger partial charge on any atom is 0.243 e. The number of benzene rings is 1. The molecule has 32 heavy (non-hydrogen) atoms. The molecule has 9 nitrogen and oxygen atoms in total. The fourth-order valence-electron chi connectivity index (χ4n) is 4.06. The van der Waals surface area contributed by atoms with Crippen molar-refractivity contribution in [2.75, 3.05) is 26.2 Å². The Kier molecular flexibility index (Phi) is 5.95. The zero-order valence-corrected chi connectivity index (χ0v) is 18.8. The average molecular weight is 453 g/mol. The lowest BCUT2D eigenvalue weighted by molar-refractivity contribution is -0.132. The maximum absolute atomic E-state index is 12.8. The van der Waals surface area contributed by atoms with Crippen molar-refractivity contribution in [2.24, 2.45) is 0 Å². The number of piperazine rings is 1. The molecular formula is C22H24N6O3S. The largest absolute Gasteiger partial charge is 0.340 e. The van der Waals surface area contributed by atoms with Crippen molar-refractivity contribution in [1.29, 1.82) is 5.26 Å². The quantitative estimate of drug-likeness (QED) is 0.582. The Labute approximate surface area is 186 Å². The zero-order chi connectivity index (χ0) is 22.9. The molecule has 1 aliphatic rings. The molecule has 0 bridgehead atoms. The molecule has 1 saturated heterocycles. The average Bonchev–Trinajstić information content (AvgIpc) is 3.22. The Bertz CT molecular complexity index is 1300. The van der Waals surface area contributed by atoms with E-state index in [-0.39, 0.29) is 23.9 Å². The Morgan fingerprint density at radius 2 is 1.81 bits per heavy atom. The number of nitriles is 1. The highest BCUT2D eigenvalue weighted by Crippen LogP contribution is 2.20. The fourth-order valence-corrected chi connectivity index (χ4v) is 5.50. The number of carbonyl (C=O) groups is 1. The number of sulfonamides is 1. The van der Waals surface area contributed by atoms with E-state index in [1.807, 2.05) is 13.8 Å². The van der Waals surface area contributed by atoms with Crippen LogP contribution in [0.15, 0.2) is 41.4 Å². The van der Waals surface area contributed by atoms with Crippen LogP contribution in [0.5, 0.6) is 0 Å². The number of aromatic nitrogens is 3. The van der Waals surface area contributed by atoms with E-state index in [0.29, 0.717) is 37.1 Å². The smallest absolute Gasteiger partial charge is 0.243 e. The van der Waals surface area contributed by atoms with Crippen molar-refractivity contribution in [3.8, 4) is 6.07 Å². The van der Waals surface area contributed by atoms with E-state index in [9.17, 15) is 18.5 Å². The van der Waals surface area contributed by atoms with Crippen molar-refractivity contribution in [3.05, 3.63) is 59.0 Å². The van der Waals surface area contributed by atoms with Crippen LogP contribution in [0.2, 0.25) is 0 Å². The van der Waals surface area contributed by atoms with Gasteiger partial charge in [0.15, 0.2) is 5.65 Å². The minimum Gasteiger partial charge on any atom is -0.340 e. The van der Waals surface area contributed by atoms with Crippen LogP contribution >= 0.6 is 0 Å². The second kappa shape index (κ2) is 8.68. The molecule has 4 rings (SSSR count). The Hall–Kier alpha value is -3.29. The van der Waals surface area contributed by atoms with Gasteiger partial charge in [0.2, 0.25) is 15.9 Å². The van der Waals surface area contributed by atoms with Gasteiger partial charge in [0.1, 0.15) is 11.6 Å². The van der Waals surface area contributed by atoms with Gasteiger partial charge in [0.25, 0.3) is 0 Å². The van der Waals surface area contributed by atoms with Crippen LogP contribution < -0.4 is 0 Å². The van der Waals surface area contributed by atoms with Crippen LogP contribution in [-0.4, -0.2) is 64.3 Å². The normalized spacial score (nSPS) is 15.1. The molecule has 3 heterocycles. The number of amides is 1. The van der Waals surface area contributed by atoms with E-state index >= 15 is 0 Å². The van der Waals surface area contributed by atoms with E-state index in [4.69, 9.17) is 0 Å². The molecule has 1 amide bonds. The molecule has 0 unspecified atom stereocenters. The number of fused-ring (bicyclic) bond motifs is 1. The summed E-state index contributed by atoms with van der Waals surface area (Å²) >= 11 is 0. The van der Waals surface area contributed by atoms with Gasteiger partial charge in [-0.3, -0.25) is 4.79 Å². The van der Waals surface area contributed by atoms with Gasteiger partial charge < -0.3 is 4.90 Å². The number of rotatable bonds is 5. The second-order valence-electron chi connectivity index (χ2n) is 7.76. The van der Waals surface area contributed by atoms with Crippen molar-refractivity contribution in [3.63, 3.8) is 0 Å². The van der Waals surface area contributed by atoms with E-state index in [1.54, 1.807) is 39.7 Å². The third-order valence-corrected chi connectivity index (χ3v) is 7.80. The highest BCUT2D eigenvalue weighted by Gasteiger charge is 2.30. The van der Waals surface area contributed by atoms with E-state index in [2.05, 4.69) is 16.2 Å². The summed E-state index contributed by atoms with van der Waals surface area (Å²) in [6.45, 7) is 5.06. The number of nitrogens with zero attached hydrogens (tertiary/aromatic N) is 6. The maximum atomic E-state index is 12.8. The van der Waals surface area contributed by atoms with Gasteiger partial charge in [-0.15, -0.1) is 0 Å². The fraction of sp³-hybridized carbons (Fsp3) is 0.364. The first-order chi connectivity index (χ1) is 15.3. The van der Waals surface area contributed by atoms with Gasteiger partial charge in [0.05, 0.1) is 11.1 Å². The van der Waals surface area contributed by atoms with Crippen LogP contribution in [-0.2, 0) is 21.2 Å². The molecule has 0 spiro atoms. The first kappa shape index (κ1) is 21.9. The number of hydrogen-bond donors (Lipinski definition) is 0. The highest BCUT2D eigenvalue weighted by atomic mass is 32.2. The number of carbonyl (C=O) groups excluding carboxylic acids is 1. The van der Waals surface area contributed by atoms with Crippen LogP contribution in [0.25, 0.3) is 5.65 Å². The van der Waals surface area contributed by atoms with Crippen molar-refractivity contribution in [2.45, 2.75) is 31.6 Å². The van der Waals surface area contributed by atoms with Crippen LogP contribution in [0.1, 0.15) is 28.9 Å². The molecular weight excluding hydrogens is 428 g/mol. The molecule has 1 fully saturated rings. The molecule has 0 N–H and O–H groups in total. The standard InChI is InChI=1S/C22H24N6O3S/c1-16-20(17(2)28-22(25-16)18(14-23)15-24-28)8-9-21(29)26-10-12-27(13-11-26)32(30,31)19-6-4-3-5-7-19/h3-7,15H,8-13H2,1-2H3. The molecule has 3 aromatic rings. The zero-order valence-electron chi connectivity index (χ0n) is 18.0. The second-order valence-corrected chi connectivity index (χ2v) is 9.70. The Morgan fingerprint density at radius 1 is 1.12 bits per heavy atom. The molecule has 0 aliphatic carbocycles. The summed E-state index contributed by atoms with van der Waals surface area (Å²) in [5.41, 5.74) is 3.51. The Balaban J connectivity index is 1.40. The molecule has 0 atom stereocenters. The number of aryl methyl sites for hydroxylation is 2. The lowest BCUT2D eigenvalue weighted by atomic mass is 10.1. The SMILES string of the molecule is Cc1nc2c(C#N)cnn2c(C)c1CCC(=O)N1CCN(S(=O)(=O)c2ccccc2)CC1. The van der Waals surface area contributed by atoms with Crippen LogP contribution in [0.4, 0.5) is 0 Å².